The molecule has 0 aliphatic heterocycles. The third-order valence-electron chi connectivity index (χ3n) is 3.34. The molecule has 2 heterocycles. The molecule has 0 bridgehead atoms. The van der Waals surface area contributed by atoms with E-state index in [1.165, 1.54) is 12.1 Å². The molecule has 0 saturated heterocycles. The molecule has 24 heavy (non-hydrogen) atoms. The van der Waals surface area contributed by atoms with Crippen LogP contribution < -0.4 is 0 Å². The van der Waals surface area contributed by atoms with Crippen LogP contribution in [0.25, 0.3) is 22.4 Å². The highest BCUT2D eigenvalue weighted by molar-refractivity contribution is 6.29. The second-order valence-corrected chi connectivity index (χ2v) is 5.64. The van der Waals surface area contributed by atoms with Crippen LogP contribution in [0.1, 0.15) is 16.1 Å². The van der Waals surface area contributed by atoms with Crippen LogP contribution in [0.3, 0.4) is 0 Å². The average molecular weight is 347 g/mol. The number of aryl methyl sites for hydroxylation is 1. The molecule has 3 rings (SSSR count). The van der Waals surface area contributed by atoms with Crippen molar-refractivity contribution < 1.29 is 18.4 Å². The van der Waals surface area contributed by atoms with Gasteiger partial charge in [0.2, 0.25) is 0 Å². The van der Waals surface area contributed by atoms with Crippen molar-refractivity contribution in [1.82, 2.24) is 10.1 Å². The lowest BCUT2D eigenvalue weighted by atomic mass is 10.1. The molecule has 122 valence electrons. The Morgan fingerprint density at radius 1 is 1.38 bits per heavy atom. The molecule has 0 radical (unpaired) electrons. The lowest BCUT2D eigenvalue weighted by Gasteiger charge is -2.07. The number of fused-ring (bicyclic) bond motifs is 1. The topological polar surface area (TPSA) is 65.2 Å². The van der Waals surface area contributed by atoms with E-state index in [1.54, 1.807) is 25.1 Å². The van der Waals surface area contributed by atoms with Crippen LogP contribution in [0.5, 0.6) is 0 Å². The van der Waals surface area contributed by atoms with Gasteiger partial charge in [0.1, 0.15) is 12.4 Å². The minimum Gasteiger partial charge on any atom is -0.456 e. The average Bonchev–Trinajstić information content (AvgIpc) is 2.94. The van der Waals surface area contributed by atoms with Gasteiger partial charge in [-0.3, -0.25) is 0 Å². The summed E-state index contributed by atoms with van der Waals surface area (Å²) < 4.78 is 23.4. The lowest BCUT2D eigenvalue weighted by Crippen LogP contribution is -2.08. The highest BCUT2D eigenvalue weighted by Crippen LogP contribution is 2.27. The summed E-state index contributed by atoms with van der Waals surface area (Å²) in [5, 5.41) is 4.50. The van der Waals surface area contributed by atoms with Crippen molar-refractivity contribution in [2.45, 2.75) is 6.92 Å². The Labute approximate surface area is 141 Å². The third kappa shape index (κ3) is 3.14. The fraction of sp³-hybridized carbons (Fsp3) is 0.118. The summed E-state index contributed by atoms with van der Waals surface area (Å²) in [6.07, 6.45) is 0. The minimum atomic E-state index is -0.598. The number of benzene rings is 1. The van der Waals surface area contributed by atoms with Gasteiger partial charge >= 0.3 is 5.97 Å². The van der Waals surface area contributed by atoms with Crippen LogP contribution in [-0.4, -0.2) is 22.7 Å². The molecule has 3 aromatic rings. The highest BCUT2D eigenvalue weighted by atomic mass is 35.5. The largest absolute Gasteiger partial charge is 0.456 e. The quantitative estimate of drug-likeness (QED) is 0.661. The number of hydrogen-bond donors (Lipinski definition) is 0. The molecular weight excluding hydrogens is 335 g/mol. The first-order valence-corrected chi connectivity index (χ1v) is 7.37. The smallest absolute Gasteiger partial charge is 0.339 e. The van der Waals surface area contributed by atoms with Crippen molar-refractivity contribution in [2.24, 2.45) is 0 Å². The van der Waals surface area contributed by atoms with Crippen LogP contribution in [0, 0.1) is 12.7 Å². The van der Waals surface area contributed by atoms with Gasteiger partial charge in [0.15, 0.2) is 0 Å². The molecule has 0 amide bonds. The molecule has 5 nitrogen and oxygen atoms in total. The van der Waals surface area contributed by atoms with E-state index < -0.39 is 5.97 Å². The molecule has 0 aliphatic rings. The summed E-state index contributed by atoms with van der Waals surface area (Å²) in [5.41, 5.74) is 2.03. The van der Waals surface area contributed by atoms with E-state index in [2.05, 4.69) is 16.7 Å². The predicted molar refractivity (Wildman–Crippen MR) is 87.2 cm³/mol. The van der Waals surface area contributed by atoms with E-state index in [1.807, 2.05) is 0 Å². The van der Waals surface area contributed by atoms with Gasteiger partial charge in [-0.1, -0.05) is 23.3 Å². The number of aromatic nitrogens is 2. The minimum absolute atomic E-state index is 0.111. The zero-order valence-corrected chi connectivity index (χ0v) is 13.4. The van der Waals surface area contributed by atoms with Gasteiger partial charge in [0.05, 0.1) is 22.3 Å². The van der Waals surface area contributed by atoms with Crippen LogP contribution >= 0.6 is 11.6 Å². The Morgan fingerprint density at radius 3 is 2.75 bits per heavy atom. The molecule has 0 spiro atoms. The van der Waals surface area contributed by atoms with Gasteiger partial charge in [0, 0.05) is 10.6 Å². The summed E-state index contributed by atoms with van der Waals surface area (Å²) in [6.45, 7) is 5.06. The van der Waals surface area contributed by atoms with Crippen molar-refractivity contribution in [3.05, 3.63) is 59.0 Å². The zero-order chi connectivity index (χ0) is 17.3. The second kappa shape index (κ2) is 6.41. The van der Waals surface area contributed by atoms with Gasteiger partial charge < -0.3 is 9.26 Å². The number of ether oxygens (including phenoxy) is 1. The molecule has 0 saturated carbocycles. The predicted octanol–water partition coefficient (Wildman–Crippen LogP) is 4.25. The van der Waals surface area contributed by atoms with Crippen LogP contribution in [-0.2, 0) is 4.74 Å². The van der Waals surface area contributed by atoms with Crippen LogP contribution in [0.4, 0.5) is 4.39 Å². The van der Waals surface area contributed by atoms with Gasteiger partial charge in [-0.2, -0.15) is 0 Å². The summed E-state index contributed by atoms with van der Waals surface area (Å²) in [7, 11) is 0. The molecule has 7 heteroatoms. The number of nitrogens with zero attached hydrogens (tertiary/aromatic N) is 2. The number of hydrogen-bond acceptors (Lipinski definition) is 5. The standard InChI is InChI=1S/C17H12ClFN2O3/c1-9(18)8-23-17(22)13-7-14(11-3-5-12(19)6-4-11)20-16-15(13)10(2)21-24-16/h3-7H,1,8H2,2H3. The van der Waals surface area contributed by atoms with E-state index in [9.17, 15) is 9.18 Å². The van der Waals surface area contributed by atoms with Crippen molar-refractivity contribution in [3.8, 4) is 11.3 Å². The van der Waals surface area contributed by atoms with Crippen LogP contribution in [0.15, 0.2) is 46.5 Å². The number of rotatable bonds is 4. The molecular formula is C17H12ClFN2O3. The Morgan fingerprint density at radius 2 is 2.08 bits per heavy atom. The van der Waals surface area contributed by atoms with E-state index in [-0.39, 0.29) is 28.7 Å². The monoisotopic (exact) mass is 346 g/mol. The Kier molecular flexibility index (Phi) is 4.31. The zero-order valence-electron chi connectivity index (χ0n) is 12.7. The Bertz CT molecular complexity index is 935. The van der Waals surface area contributed by atoms with Crippen molar-refractivity contribution >= 4 is 28.7 Å². The molecule has 0 N–H and O–H groups in total. The van der Waals surface area contributed by atoms with Gasteiger partial charge in [-0.05, 0) is 37.3 Å². The second-order valence-electron chi connectivity index (χ2n) is 5.10. The highest BCUT2D eigenvalue weighted by Gasteiger charge is 2.20. The number of halogens is 2. The number of carbonyl (C=O) groups excluding carboxylic acids is 1. The summed E-state index contributed by atoms with van der Waals surface area (Å²) in [5.74, 6) is -0.963. The van der Waals surface area contributed by atoms with E-state index in [0.29, 0.717) is 22.3 Å². The van der Waals surface area contributed by atoms with Gasteiger partial charge in [0.25, 0.3) is 5.71 Å². The maximum Gasteiger partial charge on any atom is 0.339 e. The number of carbonyl (C=O) groups is 1. The van der Waals surface area contributed by atoms with Crippen molar-refractivity contribution in [2.75, 3.05) is 6.61 Å². The van der Waals surface area contributed by atoms with Gasteiger partial charge in [-0.15, -0.1) is 0 Å². The first-order valence-electron chi connectivity index (χ1n) is 6.99. The van der Waals surface area contributed by atoms with E-state index in [4.69, 9.17) is 20.9 Å². The first kappa shape index (κ1) is 16.1. The van der Waals surface area contributed by atoms with Crippen molar-refractivity contribution in [1.29, 1.82) is 0 Å². The third-order valence-corrected chi connectivity index (χ3v) is 3.45. The number of pyridine rings is 1. The lowest BCUT2D eigenvalue weighted by molar-refractivity contribution is 0.0548. The van der Waals surface area contributed by atoms with E-state index >= 15 is 0 Å². The van der Waals surface area contributed by atoms with Gasteiger partial charge in [-0.25, -0.2) is 14.2 Å². The molecule has 1 aromatic carbocycles. The molecule has 2 aromatic heterocycles. The summed E-state index contributed by atoms with van der Waals surface area (Å²) in [4.78, 5) is 16.7. The van der Waals surface area contributed by atoms with Crippen molar-refractivity contribution in [3.63, 3.8) is 0 Å². The summed E-state index contributed by atoms with van der Waals surface area (Å²) >= 11 is 5.63. The maximum absolute atomic E-state index is 13.1. The first-order chi connectivity index (χ1) is 11.5. The Hall–Kier alpha value is -2.73. The van der Waals surface area contributed by atoms with E-state index in [0.717, 1.165) is 0 Å². The molecule has 0 aliphatic carbocycles. The number of esters is 1. The fourth-order valence-electron chi connectivity index (χ4n) is 2.25. The molecule has 0 fully saturated rings. The molecule has 0 unspecified atom stereocenters. The molecule has 0 atom stereocenters. The normalized spacial score (nSPS) is 10.8. The fourth-order valence-corrected chi connectivity index (χ4v) is 2.30. The Balaban J connectivity index is 2.11. The maximum atomic E-state index is 13.1. The SMILES string of the molecule is C=C(Cl)COC(=O)c1cc(-c2ccc(F)cc2)nc2onc(C)c12. The summed E-state index contributed by atoms with van der Waals surface area (Å²) in [6, 6.07) is 7.29. The van der Waals surface area contributed by atoms with Crippen LogP contribution in [0.2, 0.25) is 0 Å².